The third-order valence-corrected chi connectivity index (χ3v) is 5.64. The molecule has 4 rings (SSSR count). The summed E-state index contributed by atoms with van der Waals surface area (Å²) in [5, 5.41) is 0. The Morgan fingerprint density at radius 2 is 2.04 bits per heavy atom. The van der Waals surface area contributed by atoms with Crippen LogP contribution in [0.3, 0.4) is 0 Å². The fourth-order valence-electron chi connectivity index (χ4n) is 4.75. The van der Waals surface area contributed by atoms with Crippen molar-refractivity contribution >= 4 is 5.69 Å². The van der Waals surface area contributed by atoms with Gasteiger partial charge in [0.1, 0.15) is 12.4 Å². The van der Waals surface area contributed by atoms with Gasteiger partial charge < -0.3 is 20.1 Å². The average Bonchev–Trinajstić information content (AvgIpc) is 3.07. The van der Waals surface area contributed by atoms with Gasteiger partial charge in [0.2, 0.25) is 0 Å². The lowest BCUT2D eigenvalue weighted by atomic mass is 9.93. The van der Waals surface area contributed by atoms with Crippen molar-refractivity contribution < 1.29 is 9.47 Å². The molecule has 2 N–H and O–H groups in total. The molecule has 0 bridgehead atoms. The van der Waals surface area contributed by atoms with Crippen molar-refractivity contribution in [3.05, 3.63) is 23.3 Å². The maximum Gasteiger partial charge on any atom is 0.125 e. The topological polar surface area (TPSA) is 47.7 Å². The van der Waals surface area contributed by atoms with E-state index in [-0.39, 0.29) is 0 Å². The zero-order chi connectivity index (χ0) is 15.6. The molecule has 1 aromatic rings. The second-order valence-corrected chi connectivity index (χ2v) is 6.99. The van der Waals surface area contributed by atoms with Gasteiger partial charge in [0.25, 0.3) is 0 Å². The molecule has 0 saturated heterocycles. The Bertz CT molecular complexity index is 561. The van der Waals surface area contributed by atoms with Crippen LogP contribution in [0, 0.1) is 0 Å². The number of aryl methyl sites for hydroxylation is 1. The lowest BCUT2D eigenvalue weighted by Gasteiger charge is -2.26. The van der Waals surface area contributed by atoms with Gasteiger partial charge in [-0.15, -0.1) is 0 Å². The molecular formula is C19H28N2O2. The lowest BCUT2D eigenvalue weighted by molar-refractivity contribution is 0.105. The van der Waals surface area contributed by atoms with Crippen LogP contribution in [-0.2, 0) is 11.2 Å². The molecule has 1 saturated carbocycles. The van der Waals surface area contributed by atoms with Crippen molar-refractivity contribution in [3.8, 4) is 5.75 Å². The second-order valence-electron chi connectivity index (χ2n) is 6.99. The normalized spacial score (nSPS) is 25.2. The summed E-state index contributed by atoms with van der Waals surface area (Å²) < 4.78 is 11.6. The third-order valence-electron chi connectivity index (χ3n) is 5.64. The summed E-state index contributed by atoms with van der Waals surface area (Å²) in [6.45, 7) is 3.64. The number of hydrogen-bond donors (Lipinski definition) is 1. The number of hydrogen-bond acceptors (Lipinski definition) is 4. The Morgan fingerprint density at radius 3 is 2.96 bits per heavy atom. The monoisotopic (exact) mass is 316 g/mol. The van der Waals surface area contributed by atoms with Crippen LogP contribution in [0.1, 0.15) is 49.1 Å². The van der Waals surface area contributed by atoms with Gasteiger partial charge in [0.05, 0.1) is 13.2 Å². The first-order chi connectivity index (χ1) is 11.4. The molecule has 126 valence electrons. The number of rotatable bonds is 6. The molecule has 4 heteroatoms. The van der Waals surface area contributed by atoms with Crippen molar-refractivity contribution in [3.63, 3.8) is 0 Å². The van der Waals surface area contributed by atoms with E-state index >= 15 is 0 Å². The minimum absolute atomic E-state index is 0.572. The van der Waals surface area contributed by atoms with E-state index in [0.29, 0.717) is 32.3 Å². The molecule has 1 aliphatic carbocycles. The van der Waals surface area contributed by atoms with Crippen molar-refractivity contribution in [1.82, 2.24) is 0 Å². The zero-order valence-corrected chi connectivity index (χ0v) is 13.9. The third kappa shape index (κ3) is 2.72. The Morgan fingerprint density at radius 1 is 1.09 bits per heavy atom. The summed E-state index contributed by atoms with van der Waals surface area (Å²) in [6.07, 6.45) is 7.87. The molecule has 3 aliphatic rings. The number of nitrogens with two attached hydrogens (primary N) is 1. The van der Waals surface area contributed by atoms with E-state index in [1.807, 2.05) is 0 Å². The van der Waals surface area contributed by atoms with E-state index in [4.69, 9.17) is 15.2 Å². The minimum Gasteiger partial charge on any atom is -0.491 e. The number of nitrogens with zero attached hydrogens (tertiary/aromatic N) is 1. The first kappa shape index (κ1) is 15.3. The Kier molecular flexibility index (Phi) is 4.45. The summed E-state index contributed by atoms with van der Waals surface area (Å²) in [5.74, 6) is 1.78. The summed E-state index contributed by atoms with van der Waals surface area (Å²) in [6, 6.07) is 5.23. The van der Waals surface area contributed by atoms with E-state index < -0.39 is 0 Å². The van der Waals surface area contributed by atoms with Gasteiger partial charge >= 0.3 is 0 Å². The van der Waals surface area contributed by atoms with Crippen LogP contribution in [-0.4, -0.2) is 39.0 Å². The van der Waals surface area contributed by atoms with Gasteiger partial charge in [0.15, 0.2) is 0 Å². The quantitative estimate of drug-likeness (QED) is 0.820. The van der Waals surface area contributed by atoms with Gasteiger partial charge in [-0.25, -0.2) is 0 Å². The molecule has 0 spiro atoms. The SMILES string of the molecule is NCCOCCOc1ccc2c3c1[C@H]1CCC[C@H]1N3CCCC2. The maximum atomic E-state index is 6.12. The number of ether oxygens (including phenoxy) is 2. The van der Waals surface area contributed by atoms with Crippen molar-refractivity contribution in [2.24, 2.45) is 5.73 Å². The van der Waals surface area contributed by atoms with Gasteiger partial charge in [-0.2, -0.15) is 0 Å². The molecule has 23 heavy (non-hydrogen) atoms. The van der Waals surface area contributed by atoms with Crippen LogP contribution in [0.2, 0.25) is 0 Å². The summed E-state index contributed by atoms with van der Waals surface area (Å²) in [7, 11) is 0. The highest BCUT2D eigenvalue weighted by Gasteiger charge is 2.44. The molecule has 1 aromatic carbocycles. The highest BCUT2D eigenvalue weighted by atomic mass is 16.5. The maximum absolute atomic E-state index is 6.12. The van der Waals surface area contributed by atoms with Gasteiger partial charge in [0, 0.05) is 36.3 Å². The smallest absolute Gasteiger partial charge is 0.125 e. The fourth-order valence-corrected chi connectivity index (χ4v) is 4.75. The second kappa shape index (κ2) is 6.70. The van der Waals surface area contributed by atoms with E-state index in [0.717, 1.165) is 11.8 Å². The van der Waals surface area contributed by atoms with Crippen LogP contribution in [0.5, 0.6) is 5.75 Å². The first-order valence-corrected chi connectivity index (χ1v) is 9.23. The Labute approximate surface area is 138 Å². The minimum atomic E-state index is 0.572. The Balaban J connectivity index is 1.59. The summed E-state index contributed by atoms with van der Waals surface area (Å²) in [4.78, 5) is 2.72. The van der Waals surface area contributed by atoms with Crippen molar-refractivity contribution in [1.29, 1.82) is 0 Å². The van der Waals surface area contributed by atoms with E-state index in [9.17, 15) is 0 Å². The molecule has 0 unspecified atom stereocenters. The van der Waals surface area contributed by atoms with Crippen LogP contribution in [0.4, 0.5) is 5.69 Å². The molecule has 0 aromatic heterocycles. The zero-order valence-electron chi connectivity index (χ0n) is 13.9. The molecule has 2 atom stereocenters. The number of benzene rings is 1. The highest BCUT2D eigenvalue weighted by Crippen LogP contribution is 2.54. The largest absolute Gasteiger partial charge is 0.491 e. The van der Waals surface area contributed by atoms with Gasteiger partial charge in [-0.05, 0) is 43.7 Å². The van der Waals surface area contributed by atoms with Crippen molar-refractivity contribution in [2.45, 2.75) is 50.5 Å². The molecule has 2 heterocycles. The van der Waals surface area contributed by atoms with Crippen molar-refractivity contribution in [2.75, 3.05) is 37.8 Å². The van der Waals surface area contributed by atoms with E-state index in [1.165, 1.54) is 56.3 Å². The van der Waals surface area contributed by atoms with Gasteiger partial charge in [-0.1, -0.05) is 12.5 Å². The van der Waals surface area contributed by atoms with Crippen LogP contribution in [0.25, 0.3) is 0 Å². The molecule has 0 radical (unpaired) electrons. The summed E-state index contributed by atoms with van der Waals surface area (Å²) in [5.41, 5.74) is 10.0. The van der Waals surface area contributed by atoms with Crippen LogP contribution < -0.4 is 15.4 Å². The fraction of sp³-hybridized carbons (Fsp3) is 0.684. The molecule has 1 fully saturated rings. The standard InChI is InChI=1S/C19H28N2O2/c20-9-11-22-12-13-23-17-8-7-14-4-1-2-10-21-16-6-3-5-15(16)18(17)19(14)21/h7-8,15-16H,1-6,9-13,20H2/t15-,16+/m0/s1. The van der Waals surface area contributed by atoms with Gasteiger partial charge in [-0.3, -0.25) is 0 Å². The number of fused-ring (bicyclic) bond motifs is 3. The van der Waals surface area contributed by atoms with E-state index in [2.05, 4.69) is 17.0 Å². The predicted molar refractivity (Wildman–Crippen MR) is 92.5 cm³/mol. The molecular weight excluding hydrogens is 288 g/mol. The molecule has 2 aliphatic heterocycles. The summed E-state index contributed by atoms with van der Waals surface area (Å²) >= 11 is 0. The molecule has 4 nitrogen and oxygen atoms in total. The predicted octanol–water partition coefficient (Wildman–Crippen LogP) is 2.83. The number of anilines is 1. The van der Waals surface area contributed by atoms with Crippen LogP contribution >= 0.6 is 0 Å². The average molecular weight is 316 g/mol. The lowest BCUT2D eigenvalue weighted by Crippen LogP contribution is -2.31. The van der Waals surface area contributed by atoms with E-state index in [1.54, 1.807) is 5.56 Å². The van der Waals surface area contributed by atoms with Crippen LogP contribution in [0.15, 0.2) is 12.1 Å². The first-order valence-electron chi connectivity index (χ1n) is 9.23. The molecule has 0 amide bonds. The highest BCUT2D eigenvalue weighted by molar-refractivity contribution is 5.71. The Hall–Kier alpha value is -1.26.